The van der Waals surface area contributed by atoms with Gasteiger partial charge in [0.15, 0.2) is 6.61 Å². The zero-order chi connectivity index (χ0) is 14.8. The van der Waals surface area contributed by atoms with Crippen LogP contribution in [0, 0.1) is 5.92 Å². The van der Waals surface area contributed by atoms with Crippen LogP contribution in [0.25, 0.3) is 0 Å². The Morgan fingerprint density at radius 3 is 3.00 bits per heavy atom. The number of allylic oxidation sites excluding steroid dienone is 2. The summed E-state index contributed by atoms with van der Waals surface area (Å²) >= 11 is 6.16. The molecule has 2 N–H and O–H groups in total. The normalized spacial score (nSPS) is 20.2. The molecule has 0 bridgehead atoms. The summed E-state index contributed by atoms with van der Waals surface area (Å²) in [6.45, 7) is -0.0323. The van der Waals surface area contributed by atoms with Crippen LogP contribution in [0.5, 0.6) is 5.75 Å². The standard InChI is InChI=1S/C15H15ClN2O3/c16-10-6-12-13(21-8-14(19)17-12)7-11(10)18-15(20)9-4-2-1-3-5-9/h1-2,6-7,9H,3-5,8H2,(H,17,19)(H,18,20)/t9-/m0/s1. The van der Waals surface area contributed by atoms with Gasteiger partial charge in [-0.25, -0.2) is 0 Å². The molecular weight excluding hydrogens is 292 g/mol. The Hall–Kier alpha value is -2.01. The lowest BCUT2D eigenvalue weighted by atomic mass is 9.93. The van der Waals surface area contributed by atoms with Crippen molar-refractivity contribution >= 4 is 34.8 Å². The van der Waals surface area contributed by atoms with Crippen molar-refractivity contribution < 1.29 is 14.3 Å². The van der Waals surface area contributed by atoms with E-state index in [2.05, 4.69) is 16.7 Å². The van der Waals surface area contributed by atoms with Crippen LogP contribution in [-0.4, -0.2) is 18.4 Å². The maximum atomic E-state index is 12.2. The van der Waals surface area contributed by atoms with E-state index in [1.54, 1.807) is 12.1 Å². The number of nitrogens with one attached hydrogen (secondary N) is 2. The average molecular weight is 307 g/mol. The molecule has 1 aromatic carbocycles. The first-order chi connectivity index (χ1) is 10.1. The number of benzene rings is 1. The van der Waals surface area contributed by atoms with E-state index in [0.717, 1.165) is 19.3 Å². The lowest BCUT2D eigenvalue weighted by molar-refractivity contribution is -0.120. The minimum Gasteiger partial charge on any atom is -0.482 e. The van der Waals surface area contributed by atoms with Crippen LogP contribution in [-0.2, 0) is 9.59 Å². The fourth-order valence-electron chi connectivity index (χ4n) is 2.46. The molecule has 2 aliphatic rings. The van der Waals surface area contributed by atoms with E-state index in [-0.39, 0.29) is 24.3 Å². The summed E-state index contributed by atoms with van der Waals surface area (Å²) in [6, 6.07) is 3.23. The summed E-state index contributed by atoms with van der Waals surface area (Å²) in [5, 5.41) is 5.89. The molecule has 21 heavy (non-hydrogen) atoms. The molecule has 0 radical (unpaired) electrons. The van der Waals surface area contributed by atoms with Crippen LogP contribution >= 0.6 is 11.6 Å². The molecule has 6 heteroatoms. The zero-order valence-corrected chi connectivity index (χ0v) is 12.1. The van der Waals surface area contributed by atoms with E-state index in [1.807, 2.05) is 6.08 Å². The van der Waals surface area contributed by atoms with Gasteiger partial charge >= 0.3 is 0 Å². The molecule has 5 nitrogen and oxygen atoms in total. The molecule has 0 saturated carbocycles. The number of halogens is 1. The SMILES string of the molecule is O=C1COc2cc(NC(=O)[C@H]3CC=CCC3)c(Cl)cc2N1. The Balaban J connectivity index is 1.78. The quantitative estimate of drug-likeness (QED) is 0.825. The molecule has 0 spiro atoms. The van der Waals surface area contributed by atoms with Crippen LogP contribution in [0.1, 0.15) is 19.3 Å². The number of anilines is 2. The van der Waals surface area contributed by atoms with Crippen LogP contribution < -0.4 is 15.4 Å². The molecule has 0 unspecified atom stereocenters. The molecule has 0 fully saturated rings. The van der Waals surface area contributed by atoms with Gasteiger partial charge in [-0.2, -0.15) is 0 Å². The minimum absolute atomic E-state index is 0.0253. The second-order valence-electron chi connectivity index (χ2n) is 5.14. The summed E-state index contributed by atoms with van der Waals surface area (Å²) in [5.41, 5.74) is 1.03. The molecule has 3 rings (SSSR count). The first-order valence-corrected chi connectivity index (χ1v) is 7.23. The number of hydrogen-bond acceptors (Lipinski definition) is 3. The summed E-state index contributed by atoms with van der Waals surface area (Å²) in [6.07, 6.45) is 6.64. The largest absolute Gasteiger partial charge is 0.482 e. The fraction of sp³-hybridized carbons (Fsp3) is 0.333. The maximum Gasteiger partial charge on any atom is 0.262 e. The summed E-state index contributed by atoms with van der Waals surface area (Å²) in [7, 11) is 0. The van der Waals surface area contributed by atoms with E-state index < -0.39 is 0 Å². The van der Waals surface area contributed by atoms with Crippen LogP contribution in [0.4, 0.5) is 11.4 Å². The van der Waals surface area contributed by atoms with Gasteiger partial charge in [-0.05, 0) is 25.3 Å². The van der Waals surface area contributed by atoms with Gasteiger partial charge in [0.05, 0.1) is 16.4 Å². The fourth-order valence-corrected chi connectivity index (χ4v) is 2.67. The lowest BCUT2D eigenvalue weighted by Gasteiger charge is -2.21. The highest BCUT2D eigenvalue weighted by molar-refractivity contribution is 6.34. The number of ether oxygens (including phenoxy) is 1. The predicted molar refractivity (Wildman–Crippen MR) is 80.7 cm³/mol. The highest BCUT2D eigenvalue weighted by Crippen LogP contribution is 2.36. The second kappa shape index (κ2) is 5.77. The molecule has 1 atom stereocenters. The topological polar surface area (TPSA) is 67.4 Å². The van der Waals surface area contributed by atoms with E-state index >= 15 is 0 Å². The minimum atomic E-state index is -0.218. The molecule has 0 saturated heterocycles. The summed E-state index contributed by atoms with van der Waals surface area (Å²) < 4.78 is 5.33. The number of fused-ring (bicyclic) bond motifs is 1. The predicted octanol–water partition coefficient (Wildman–Crippen LogP) is 2.97. The molecular formula is C15H15ClN2O3. The van der Waals surface area contributed by atoms with Crippen molar-refractivity contribution in [2.75, 3.05) is 17.2 Å². The van der Waals surface area contributed by atoms with Crippen molar-refractivity contribution in [3.05, 3.63) is 29.3 Å². The van der Waals surface area contributed by atoms with Gasteiger partial charge in [-0.1, -0.05) is 23.8 Å². The van der Waals surface area contributed by atoms with Crippen molar-refractivity contribution in [3.63, 3.8) is 0 Å². The Morgan fingerprint density at radius 2 is 2.24 bits per heavy atom. The summed E-state index contributed by atoms with van der Waals surface area (Å²) in [5.74, 6) is 0.228. The van der Waals surface area contributed by atoms with Gasteiger partial charge in [-0.3, -0.25) is 9.59 Å². The van der Waals surface area contributed by atoms with Crippen molar-refractivity contribution in [3.8, 4) is 5.75 Å². The van der Waals surface area contributed by atoms with Gasteiger partial charge < -0.3 is 15.4 Å². The Kier molecular flexibility index (Phi) is 3.84. The first kappa shape index (κ1) is 13.9. The molecule has 1 heterocycles. The third kappa shape index (κ3) is 3.03. The Labute approximate surface area is 127 Å². The van der Waals surface area contributed by atoms with Crippen molar-refractivity contribution in [1.29, 1.82) is 0 Å². The van der Waals surface area contributed by atoms with Crippen LogP contribution in [0.2, 0.25) is 5.02 Å². The van der Waals surface area contributed by atoms with Gasteiger partial charge in [0.25, 0.3) is 5.91 Å². The summed E-state index contributed by atoms with van der Waals surface area (Å²) in [4.78, 5) is 23.5. The molecule has 1 aliphatic carbocycles. The number of rotatable bonds is 2. The first-order valence-electron chi connectivity index (χ1n) is 6.85. The van der Waals surface area contributed by atoms with Crippen molar-refractivity contribution in [2.45, 2.75) is 19.3 Å². The maximum absolute atomic E-state index is 12.2. The van der Waals surface area contributed by atoms with Crippen molar-refractivity contribution in [1.82, 2.24) is 0 Å². The highest BCUT2D eigenvalue weighted by atomic mass is 35.5. The third-order valence-corrected chi connectivity index (χ3v) is 3.91. The number of carbonyl (C=O) groups excluding carboxylic acids is 2. The van der Waals surface area contributed by atoms with Crippen molar-refractivity contribution in [2.24, 2.45) is 5.92 Å². The molecule has 0 aromatic heterocycles. The van der Waals surface area contributed by atoms with E-state index in [9.17, 15) is 9.59 Å². The van der Waals surface area contributed by atoms with Crippen LogP contribution in [0.15, 0.2) is 24.3 Å². The Morgan fingerprint density at radius 1 is 1.38 bits per heavy atom. The van der Waals surface area contributed by atoms with E-state index in [1.165, 1.54) is 0 Å². The zero-order valence-electron chi connectivity index (χ0n) is 11.3. The molecule has 2 amide bonds. The lowest BCUT2D eigenvalue weighted by Crippen LogP contribution is -2.26. The second-order valence-corrected chi connectivity index (χ2v) is 5.54. The molecule has 110 valence electrons. The molecule has 1 aliphatic heterocycles. The average Bonchev–Trinajstić information content (AvgIpc) is 2.49. The van der Waals surface area contributed by atoms with Gasteiger partial charge in [-0.15, -0.1) is 0 Å². The Bertz CT molecular complexity index is 628. The smallest absolute Gasteiger partial charge is 0.262 e. The third-order valence-electron chi connectivity index (χ3n) is 3.60. The highest BCUT2D eigenvalue weighted by Gasteiger charge is 2.22. The van der Waals surface area contributed by atoms with E-state index in [4.69, 9.17) is 16.3 Å². The number of amides is 2. The van der Waals surface area contributed by atoms with Crippen LogP contribution in [0.3, 0.4) is 0 Å². The van der Waals surface area contributed by atoms with Gasteiger partial charge in [0, 0.05) is 12.0 Å². The molecule has 1 aromatic rings. The number of hydrogen-bond donors (Lipinski definition) is 2. The van der Waals surface area contributed by atoms with Gasteiger partial charge in [0.2, 0.25) is 5.91 Å². The number of carbonyl (C=O) groups is 2. The van der Waals surface area contributed by atoms with E-state index in [0.29, 0.717) is 22.1 Å². The van der Waals surface area contributed by atoms with Gasteiger partial charge in [0.1, 0.15) is 5.75 Å². The monoisotopic (exact) mass is 306 g/mol.